The molecule has 0 aliphatic carbocycles. The lowest BCUT2D eigenvalue weighted by atomic mass is 10.1. The highest BCUT2D eigenvalue weighted by Gasteiger charge is 2.22. The summed E-state index contributed by atoms with van der Waals surface area (Å²) in [4.78, 5) is 26.2. The number of aromatic nitrogens is 3. The van der Waals surface area contributed by atoms with Gasteiger partial charge in [-0.1, -0.05) is 6.07 Å². The number of nitrogen functional groups attached to an aromatic ring is 1. The van der Waals surface area contributed by atoms with Gasteiger partial charge in [-0.3, -0.25) is 4.79 Å². The van der Waals surface area contributed by atoms with Crippen LogP contribution in [0.25, 0.3) is 33.1 Å². The van der Waals surface area contributed by atoms with Gasteiger partial charge in [0.25, 0.3) is 0 Å². The monoisotopic (exact) mass is 363 g/mol. The summed E-state index contributed by atoms with van der Waals surface area (Å²) in [5.41, 5.74) is 10.8. The van der Waals surface area contributed by atoms with E-state index >= 15 is 0 Å². The SMILES string of the molecule is Nc1nc2cc(-c3ccsc3)ccc2c2nc(CN3CCCC3=O)[nH]c12. The van der Waals surface area contributed by atoms with Gasteiger partial charge in [0.1, 0.15) is 22.7 Å². The van der Waals surface area contributed by atoms with E-state index in [1.54, 1.807) is 11.3 Å². The molecule has 0 bridgehead atoms. The number of nitrogens with two attached hydrogens (primary N) is 1. The fourth-order valence-electron chi connectivity index (χ4n) is 3.55. The number of thiophene rings is 1. The first-order chi connectivity index (χ1) is 12.7. The third kappa shape index (κ3) is 2.43. The first-order valence-electron chi connectivity index (χ1n) is 8.57. The van der Waals surface area contributed by atoms with Gasteiger partial charge in [-0.15, -0.1) is 0 Å². The summed E-state index contributed by atoms with van der Waals surface area (Å²) >= 11 is 1.67. The molecule has 1 aromatic carbocycles. The van der Waals surface area contributed by atoms with Crippen molar-refractivity contribution in [1.29, 1.82) is 0 Å². The topological polar surface area (TPSA) is 87.9 Å². The second-order valence-corrected chi connectivity index (χ2v) is 7.35. The number of hydrogen-bond acceptors (Lipinski definition) is 5. The Balaban J connectivity index is 1.61. The molecule has 1 fully saturated rings. The normalized spacial score (nSPS) is 14.8. The Labute approximate surface area is 153 Å². The number of pyridine rings is 1. The van der Waals surface area contributed by atoms with Crippen LogP contribution >= 0.6 is 11.3 Å². The quantitative estimate of drug-likeness (QED) is 0.583. The maximum Gasteiger partial charge on any atom is 0.223 e. The van der Waals surface area contributed by atoms with Crippen LogP contribution < -0.4 is 5.73 Å². The average molecular weight is 363 g/mol. The van der Waals surface area contributed by atoms with Gasteiger partial charge in [-0.2, -0.15) is 11.3 Å². The number of likely N-dealkylation sites (tertiary alicyclic amines) is 1. The number of fused-ring (bicyclic) bond motifs is 3. The Morgan fingerprint density at radius 2 is 2.15 bits per heavy atom. The lowest BCUT2D eigenvalue weighted by molar-refractivity contribution is -0.128. The Hall–Kier alpha value is -2.93. The van der Waals surface area contributed by atoms with E-state index in [0.717, 1.165) is 46.3 Å². The molecular weight excluding hydrogens is 346 g/mol. The fourth-order valence-corrected chi connectivity index (χ4v) is 4.21. The molecule has 0 spiro atoms. The van der Waals surface area contributed by atoms with E-state index in [1.807, 2.05) is 17.0 Å². The van der Waals surface area contributed by atoms with Gasteiger partial charge in [0.2, 0.25) is 5.91 Å². The minimum atomic E-state index is 0.182. The molecule has 3 N–H and O–H groups in total. The molecule has 1 saturated heterocycles. The number of carbonyl (C=O) groups excluding carboxylic acids is 1. The van der Waals surface area contributed by atoms with E-state index in [2.05, 4.69) is 32.9 Å². The molecule has 26 heavy (non-hydrogen) atoms. The minimum Gasteiger partial charge on any atom is -0.382 e. The number of nitrogens with one attached hydrogen (secondary N) is 1. The van der Waals surface area contributed by atoms with Gasteiger partial charge in [0.05, 0.1) is 12.1 Å². The molecule has 0 radical (unpaired) electrons. The molecule has 0 saturated carbocycles. The summed E-state index contributed by atoms with van der Waals surface area (Å²) in [6, 6.07) is 8.27. The molecule has 130 valence electrons. The number of rotatable bonds is 3. The third-order valence-electron chi connectivity index (χ3n) is 4.87. The Morgan fingerprint density at radius 3 is 2.92 bits per heavy atom. The summed E-state index contributed by atoms with van der Waals surface area (Å²) in [5.74, 6) is 1.36. The van der Waals surface area contributed by atoms with Crippen LogP contribution in [0.2, 0.25) is 0 Å². The molecule has 0 unspecified atom stereocenters. The van der Waals surface area contributed by atoms with Crippen LogP contribution in [-0.2, 0) is 11.3 Å². The fraction of sp³-hybridized carbons (Fsp3) is 0.211. The number of hydrogen-bond donors (Lipinski definition) is 2. The largest absolute Gasteiger partial charge is 0.382 e. The van der Waals surface area contributed by atoms with Crippen molar-refractivity contribution >= 4 is 45.0 Å². The zero-order valence-corrected chi connectivity index (χ0v) is 14.8. The van der Waals surface area contributed by atoms with E-state index in [-0.39, 0.29) is 5.91 Å². The molecule has 4 aromatic rings. The van der Waals surface area contributed by atoms with Crippen molar-refractivity contribution in [1.82, 2.24) is 19.9 Å². The zero-order valence-electron chi connectivity index (χ0n) is 14.0. The van der Waals surface area contributed by atoms with E-state index in [4.69, 9.17) is 10.7 Å². The maximum atomic E-state index is 11.9. The van der Waals surface area contributed by atoms with Gasteiger partial charge in [0, 0.05) is 18.4 Å². The number of H-pyrrole nitrogens is 1. The number of imidazole rings is 1. The van der Waals surface area contributed by atoms with Crippen molar-refractivity contribution in [3.8, 4) is 11.1 Å². The molecule has 6 nitrogen and oxygen atoms in total. The molecule has 4 heterocycles. The van der Waals surface area contributed by atoms with E-state index < -0.39 is 0 Å². The second kappa shape index (κ2) is 5.81. The van der Waals surface area contributed by atoms with Crippen molar-refractivity contribution in [2.45, 2.75) is 19.4 Å². The van der Waals surface area contributed by atoms with E-state index in [9.17, 15) is 4.79 Å². The molecular formula is C19H17N5OS. The van der Waals surface area contributed by atoms with Gasteiger partial charge in [0.15, 0.2) is 0 Å². The summed E-state index contributed by atoms with van der Waals surface area (Å²) in [7, 11) is 0. The molecule has 7 heteroatoms. The molecule has 0 atom stereocenters. The average Bonchev–Trinajstić information content (AvgIpc) is 3.37. The van der Waals surface area contributed by atoms with Crippen molar-refractivity contribution in [3.05, 3.63) is 40.8 Å². The van der Waals surface area contributed by atoms with Crippen LogP contribution in [0, 0.1) is 0 Å². The van der Waals surface area contributed by atoms with Gasteiger partial charge in [-0.25, -0.2) is 9.97 Å². The van der Waals surface area contributed by atoms with Crippen LogP contribution in [0.1, 0.15) is 18.7 Å². The summed E-state index contributed by atoms with van der Waals surface area (Å²) in [6.45, 7) is 1.27. The van der Waals surface area contributed by atoms with Crippen LogP contribution in [0.4, 0.5) is 5.82 Å². The highest BCUT2D eigenvalue weighted by Crippen LogP contribution is 2.31. The summed E-state index contributed by atoms with van der Waals surface area (Å²) in [6.07, 6.45) is 1.54. The van der Waals surface area contributed by atoms with Crippen LogP contribution in [0.15, 0.2) is 35.0 Å². The number of benzene rings is 1. The van der Waals surface area contributed by atoms with Crippen molar-refractivity contribution in [2.24, 2.45) is 0 Å². The van der Waals surface area contributed by atoms with E-state index in [0.29, 0.717) is 18.8 Å². The Morgan fingerprint density at radius 1 is 1.23 bits per heavy atom. The standard InChI is InChI=1S/C19H17N5OS/c20-19-18-17(22-15(23-18)9-24-6-1-2-16(24)25)13-4-3-11(8-14(13)21-19)12-5-7-26-10-12/h3-5,7-8,10H,1-2,6,9H2,(H2,20,21)(H,22,23). The van der Waals surface area contributed by atoms with Crippen molar-refractivity contribution in [3.63, 3.8) is 0 Å². The molecule has 1 amide bonds. The maximum absolute atomic E-state index is 11.9. The number of carbonyl (C=O) groups is 1. The molecule has 3 aromatic heterocycles. The third-order valence-corrected chi connectivity index (χ3v) is 5.55. The van der Waals surface area contributed by atoms with Crippen molar-refractivity contribution in [2.75, 3.05) is 12.3 Å². The lowest BCUT2D eigenvalue weighted by Crippen LogP contribution is -2.24. The molecule has 5 rings (SSSR count). The lowest BCUT2D eigenvalue weighted by Gasteiger charge is -2.12. The highest BCUT2D eigenvalue weighted by molar-refractivity contribution is 7.08. The van der Waals surface area contributed by atoms with Gasteiger partial charge in [-0.05, 0) is 46.5 Å². The van der Waals surface area contributed by atoms with Gasteiger partial charge < -0.3 is 15.6 Å². The summed E-state index contributed by atoms with van der Waals surface area (Å²) < 4.78 is 0. The number of nitrogens with zero attached hydrogens (tertiary/aromatic N) is 3. The van der Waals surface area contributed by atoms with Crippen LogP contribution in [-0.4, -0.2) is 32.3 Å². The first-order valence-corrected chi connectivity index (χ1v) is 9.51. The predicted octanol–water partition coefficient (Wildman–Crippen LogP) is 3.54. The van der Waals surface area contributed by atoms with E-state index in [1.165, 1.54) is 5.56 Å². The van der Waals surface area contributed by atoms with Crippen LogP contribution in [0.3, 0.4) is 0 Å². The van der Waals surface area contributed by atoms with Gasteiger partial charge >= 0.3 is 0 Å². The summed E-state index contributed by atoms with van der Waals surface area (Å²) in [5, 5.41) is 5.14. The van der Waals surface area contributed by atoms with Crippen molar-refractivity contribution < 1.29 is 4.79 Å². The molecule has 1 aliphatic rings. The number of aromatic amines is 1. The Kier molecular flexibility index (Phi) is 3.43. The first kappa shape index (κ1) is 15.3. The Bertz CT molecular complexity index is 1130. The second-order valence-electron chi connectivity index (χ2n) is 6.57. The number of amides is 1. The minimum absolute atomic E-state index is 0.182. The van der Waals surface area contributed by atoms with Crippen LogP contribution in [0.5, 0.6) is 0 Å². The number of anilines is 1. The smallest absolute Gasteiger partial charge is 0.223 e. The predicted molar refractivity (Wildman–Crippen MR) is 104 cm³/mol. The zero-order chi connectivity index (χ0) is 17.7. The highest BCUT2D eigenvalue weighted by atomic mass is 32.1. The molecule has 1 aliphatic heterocycles.